The number of halogens is 4. The first-order chi connectivity index (χ1) is 7.58. The highest BCUT2D eigenvalue weighted by Gasteiger charge is 2.15. The molecule has 1 heterocycles. The van der Waals surface area contributed by atoms with Crippen LogP contribution in [0, 0.1) is 0 Å². The molecule has 2 rings (SSSR count). The lowest BCUT2D eigenvalue weighted by atomic mass is 10.1. The highest BCUT2D eigenvalue weighted by atomic mass is 79.9. The molecule has 5 heteroatoms. The summed E-state index contributed by atoms with van der Waals surface area (Å²) in [6.45, 7) is 0. The maximum Gasteiger partial charge on any atom is 0.0701 e. The van der Waals surface area contributed by atoms with Crippen LogP contribution in [-0.4, -0.2) is 0 Å². The lowest BCUT2D eigenvalue weighted by Gasteiger charge is -2.10. The SMILES string of the molecule is Clc1ccc(Cl)c(C(Br)c2csc(Br)c2)c1. The van der Waals surface area contributed by atoms with Crippen LogP contribution in [0.2, 0.25) is 10.0 Å². The largest absolute Gasteiger partial charge is 0.136 e. The molecule has 1 atom stereocenters. The van der Waals surface area contributed by atoms with Crippen LogP contribution in [0.1, 0.15) is 16.0 Å². The molecule has 0 N–H and O–H groups in total. The van der Waals surface area contributed by atoms with Gasteiger partial charge in [-0.2, -0.15) is 0 Å². The molecule has 16 heavy (non-hydrogen) atoms. The van der Waals surface area contributed by atoms with Crippen LogP contribution in [0.4, 0.5) is 0 Å². The summed E-state index contributed by atoms with van der Waals surface area (Å²) in [6, 6.07) is 7.56. The second-order valence-electron chi connectivity index (χ2n) is 3.21. The lowest BCUT2D eigenvalue weighted by molar-refractivity contribution is 1.19. The highest BCUT2D eigenvalue weighted by Crippen LogP contribution is 2.39. The van der Waals surface area contributed by atoms with Gasteiger partial charge in [0.15, 0.2) is 0 Å². The zero-order chi connectivity index (χ0) is 11.7. The third kappa shape index (κ3) is 2.82. The fraction of sp³-hybridized carbons (Fsp3) is 0.0909. The van der Waals surface area contributed by atoms with Crippen molar-refractivity contribution in [2.75, 3.05) is 0 Å². The summed E-state index contributed by atoms with van der Waals surface area (Å²) >= 11 is 20.8. The number of benzene rings is 1. The Balaban J connectivity index is 2.40. The first-order valence-corrected chi connectivity index (χ1v) is 7.75. The summed E-state index contributed by atoms with van der Waals surface area (Å²) in [6.07, 6.45) is 0. The summed E-state index contributed by atoms with van der Waals surface area (Å²) in [7, 11) is 0. The van der Waals surface area contributed by atoms with E-state index >= 15 is 0 Å². The van der Waals surface area contributed by atoms with Gasteiger partial charge in [-0.3, -0.25) is 0 Å². The molecule has 1 unspecified atom stereocenters. The van der Waals surface area contributed by atoms with Gasteiger partial charge in [-0.05, 0) is 56.7 Å². The standard InChI is InChI=1S/C11H6Br2Cl2S/c12-10-3-6(5-16-10)11(13)8-4-7(14)1-2-9(8)15/h1-5,11H. The van der Waals surface area contributed by atoms with E-state index in [0.29, 0.717) is 10.0 Å². The maximum absolute atomic E-state index is 6.15. The minimum atomic E-state index is 0.0706. The molecule has 0 bridgehead atoms. The zero-order valence-corrected chi connectivity index (χ0v) is 13.4. The first kappa shape index (κ1) is 12.9. The van der Waals surface area contributed by atoms with Crippen LogP contribution in [0.3, 0.4) is 0 Å². The average Bonchev–Trinajstić information content (AvgIpc) is 2.67. The Bertz CT molecular complexity index is 510. The Labute approximate surface area is 125 Å². The van der Waals surface area contributed by atoms with Crippen molar-refractivity contribution in [3.63, 3.8) is 0 Å². The van der Waals surface area contributed by atoms with Crippen molar-refractivity contribution in [3.8, 4) is 0 Å². The number of thiophene rings is 1. The van der Waals surface area contributed by atoms with E-state index in [9.17, 15) is 0 Å². The fourth-order valence-electron chi connectivity index (χ4n) is 1.34. The summed E-state index contributed by atoms with van der Waals surface area (Å²) in [4.78, 5) is 0.0706. The minimum absolute atomic E-state index is 0.0706. The molecule has 0 fully saturated rings. The number of hydrogen-bond acceptors (Lipinski definition) is 1. The van der Waals surface area contributed by atoms with E-state index in [-0.39, 0.29) is 4.83 Å². The molecule has 0 nitrogen and oxygen atoms in total. The van der Waals surface area contributed by atoms with Gasteiger partial charge < -0.3 is 0 Å². The summed E-state index contributed by atoms with van der Waals surface area (Å²) in [5, 5.41) is 3.49. The fourth-order valence-corrected chi connectivity index (χ4v) is 3.90. The third-order valence-corrected chi connectivity index (χ3v) is 5.24. The van der Waals surface area contributed by atoms with Gasteiger partial charge in [-0.25, -0.2) is 0 Å². The van der Waals surface area contributed by atoms with Crippen LogP contribution in [0.25, 0.3) is 0 Å². The van der Waals surface area contributed by atoms with Crippen molar-refractivity contribution < 1.29 is 0 Å². The summed E-state index contributed by atoms with van der Waals surface area (Å²) in [5.74, 6) is 0. The van der Waals surface area contributed by atoms with Gasteiger partial charge in [0.05, 0.1) is 8.61 Å². The van der Waals surface area contributed by atoms with Gasteiger partial charge in [-0.1, -0.05) is 39.1 Å². The Morgan fingerprint density at radius 3 is 2.56 bits per heavy atom. The quantitative estimate of drug-likeness (QED) is 0.519. The van der Waals surface area contributed by atoms with Crippen LogP contribution in [-0.2, 0) is 0 Å². The van der Waals surface area contributed by atoms with Crippen LogP contribution >= 0.6 is 66.4 Å². The molecule has 2 aromatic rings. The molecule has 0 radical (unpaired) electrons. The molecule has 0 spiro atoms. The Morgan fingerprint density at radius 2 is 1.94 bits per heavy atom. The Hall–Kier alpha value is 0.460. The van der Waals surface area contributed by atoms with E-state index in [1.54, 1.807) is 17.4 Å². The Kier molecular flexibility index (Phi) is 4.36. The lowest BCUT2D eigenvalue weighted by Crippen LogP contribution is -1.91. The van der Waals surface area contributed by atoms with Crippen molar-refractivity contribution in [1.82, 2.24) is 0 Å². The second kappa shape index (κ2) is 5.40. The van der Waals surface area contributed by atoms with Crippen LogP contribution in [0.5, 0.6) is 0 Å². The van der Waals surface area contributed by atoms with Gasteiger partial charge in [0.25, 0.3) is 0 Å². The van der Waals surface area contributed by atoms with E-state index in [1.807, 2.05) is 12.1 Å². The molecule has 84 valence electrons. The number of hydrogen-bond donors (Lipinski definition) is 0. The van der Waals surface area contributed by atoms with E-state index in [4.69, 9.17) is 23.2 Å². The minimum Gasteiger partial charge on any atom is -0.136 e. The van der Waals surface area contributed by atoms with Crippen molar-refractivity contribution in [1.29, 1.82) is 0 Å². The van der Waals surface area contributed by atoms with E-state index < -0.39 is 0 Å². The molecule has 0 saturated carbocycles. The van der Waals surface area contributed by atoms with Crippen molar-refractivity contribution in [3.05, 3.63) is 54.6 Å². The summed E-state index contributed by atoms with van der Waals surface area (Å²) in [5.41, 5.74) is 2.15. The van der Waals surface area contributed by atoms with Crippen molar-refractivity contribution in [2.45, 2.75) is 4.83 Å². The predicted octanol–water partition coefficient (Wildman–Crippen LogP) is 6.30. The van der Waals surface area contributed by atoms with Gasteiger partial charge >= 0.3 is 0 Å². The second-order valence-corrected chi connectivity index (χ2v) is 7.26. The van der Waals surface area contributed by atoms with E-state index in [1.165, 1.54) is 5.56 Å². The van der Waals surface area contributed by atoms with Gasteiger partial charge in [0.2, 0.25) is 0 Å². The Morgan fingerprint density at radius 1 is 1.19 bits per heavy atom. The zero-order valence-electron chi connectivity index (χ0n) is 7.88. The molecule has 1 aromatic carbocycles. The normalized spacial score (nSPS) is 12.8. The summed E-state index contributed by atoms with van der Waals surface area (Å²) < 4.78 is 1.10. The molecule has 0 saturated heterocycles. The molecule has 0 amide bonds. The molecule has 0 aliphatic carbocycles. The molecular weight excluding hydrogens is 395 g/mol. The third-order valence-electron chi connectivity index (χ3n) is 2.11. The van der Waals surface area contributed by atoms with Crippen LogP contribution < -0.4 is 0 Å². The first-order valence-electron chi connectivity index (χ1n) is 4.41. The molecule has 0 aliphatic rings. The average molecular weight is 401 g/mol. The van der Waals surface area contributed by atoms with Crippen molar-refractivity contribution >= 4 is 66.4 Å². The van der Waals surface area contributed by atoms with Crippen molar-refractivity contribution in [2.24, 2.45) is 0 Å². The van der Waals surface area contributed by atoms with Gasteiger partial charge in [0.1, 0.15) is 0 Å². The van der Waals surface area contributed by atoms with E-state index in [2.05, 4.69) is 43.3 Å². The highest BCUT2D eigenvalue weighted by molar-refractivity contribution is 9.11. The predicted molar refractivity (Wildman–Crippen MR) is 79.3 cm³/mol. The topological polar surface area (TPSA) is 0 Å². The van der Waals surface area contributed by atoms with Gasteiger partial charge in [0, 0.05) is 10.0 Å². The number of rotatable bonds is 2. The van der Waals surface area contributed by atoms with E-state index in [0.717, 1.165) is 9.35 Å². The van der Waals surface area contributed by atoms with Crippen LogP contribution in [0.15, 0.2) is 33.4 Å². The molecular formula is C11H6Br2Cl2S. The van der Waals surface area contributed by atoms with Gasteiger partial charge in [-0.15, -0.1) is 11.3 Å². The monoisotopic (exact) mass is 398 g/mol. The molecule has 1 aromatic heterocycles. The smallest absolute Gasteiger partial charge is 0.0701 e. The number of alkyl halides is 1. The maximum atomic E-state index is 6.15. The molecule has 0 aliphatic heterocycles.